The molecule has 33 heavy (non-hydrogen) atoms. The number of halogens is 3. The highest BCUT2D eigenvalue weighted by atomic mass is 32.2. The molecular formula is C19H27F3N4O5S2. The summed E-state index contributed by atoms with van der Waals surface area (Å²) in [5.74, 6) is -5.93. The van der Waals surface area contributed by atoms with Gasteiger partial charge in [-0.2, -0.15) is 4.31 Å². The molecule has 1 aromatic carbocycles. The number of nitrogens with two attached hydrogens (primary N) is 2. The predicted octanol–water partition coefficient (Wildman–Crippen LogP) is -0.0488. The normalized spacial score (nSPS) is 24.7. The molecule has 2 fully saturated rings. The lowest BCUT2D eigenvalue weighted by Crippen LogP contribution is -2.51. The molecule has 2 saturated heterocycles. The van der Waals surface area contributed by atoms with Gasteiger partial charge in [-0.05, 0) is 49.7 Å². The second-order valence-electron chi connectivity index (χ2n) is 8.61. The molecule has 2 aliphatic heterocycles. The Balaban J connectivity index is 1.61. The van der Waals surface area contributed by atoms with Crippen LogP contribution in [0.3, 0.4) is 0 Å². The van der Waals surface area contributed by atoms with Gasteiger partial charge < -0.3 is 11.5 Å². The number of fused-ring (bicyclic) bond motifs is 2. The maximum absolute atomic E-state index is 14.0. The lowest BCUT2D eigenvalue weighted by molar-refractivity contribution is -0.115. The summed E-state index contributed by atoms with van der Waals surface area (Å²) >= 11 is 0. The summed E-state index contributed by atoms with van der Waals surface area (Å²) < 4.78 is 93.2. The van der Waals surface area contributed by atoms with Gasteiger partial charge in [0, 0.05) is 30.7 Å². The van der Waals surface area contributed by atoms with E-state index in [2.05, 4.69) is 4.72 Å². The van der Waals surface area contributed by atoms with Crippen molar-refractivity contribution in [3.63, 3.8) is 0 Å². The van der Waals surface area contributed by atoms with Crippen LogP contribution in [0, 0.1) is 23.4 Å². The van der Waals surface area contributed by atoms with Gasteiger partial charge in [0.25, 0.3) is 0 Å². The number of rotatable bonds is 10. The Morgan fingerprint density at radius 3 is 2.21 bits per heavy atom. The van der Waals surface area contributed by atoms with Gasteiger partial charge in [0.1, 0.15) is 11.6 Å². The lowest BCUT2D eigenvalue weighted by Gasteiger charge is -2.40. The van der Waals surface area contributed by atoms with E-state index in [9.17, 15) is 34.8 Å². The average Bonchev–Trinajstić information content (AvgIpc) is 2.96. The summed E-state index contributed by atoms with van der Waals surface area (Å²) in [6.45, 7) is -0.397. The fourth-order valence-corrected chi connectivity index (χ4v) is 7.67. The second-order valence-corrected chi connectivity index (χ2v) is 12.4. The van der Waals surface area contributed by atoms with E-state index in [4.69, 9.17) is 11.5 Å². The van der Waals surface area contributed by atoms with Gasteiger partial charge in [-0.25, -0.2) is 34.7 Å². The van der Waals surface area contributed by atoms with Gasteiger partial charge in [0.05, 0.1) is 5.75 Å². The number of hydrogen-bond acceptors (Lipinski definition) is 6. The molecule has 2 heterocycles. The topological polar surface area (TPSA) is 153 Å². The number of carbonyl (C=O) groups is 1. The second kappa shape index (κ2) is 9.86. The van der Waals surface area contributed by atoms with Crippen molar-refractivity contribution in [3.05, 3.63) is 35.1 Å². The maximum Gasteiger partial charge on any atom is 0.234 e. The van der Waals surface area contributed by atoms with E-state index in [1.54, 1.807) is 0 Å². The highest BCUT2D eigenvalue weighted by Gasteiger charge is 2.47. The quantitative estimate of drug-likeness (QED) is 0.374. The predicted molar refractivity (Wildman–Crippen MR) is 114 cm³/mol. The largest absolute Gasteiger partial charge is 0.369 e. The molecule has 2 bridgehead atoms. The Morgan fingerprint density at radius 1 is 1.06 bits per heavy atom. The molecule has 0 aromatic heterocycles. The highest BCUT2D eigenvalue weighted by molar-refractivity contribution is 7.90. The van der Waals surface area contributed by atoms with Gasteiger partial charge in [0.2, 0.25) is 26.0 Å². The van der Waals surface area contributed by atoms with Crippen LogP contribution in [-0.4, -0.2) is 63.2 Å². The van der Waals surface area contributed by atoms with Gasteiger partial charge in [0.15, 0.2) is 11.6 Å². The number of sulfonamides is 2. The average molecular weight is 513 g/mol. The molecule has 3 atom stereocenters. The first-order valence-electron chi connectivity index (χ1n) is 10.4. The number of amides is 1. The molecule has 1 amide bonds. The number of nitrogens with zero attached hydrogens (tertiary/aromatic N) is 1. The number of benzene rings is 1. The van der Waals surface area contributed by atoms with Crippen molar-refractivity contribution >= 4 is 26.0 Å². The molecule has 0 aliphatic carbocycles. The number of piperidine rings is 1. The van der Waals surface area contributed by atoms with E-state index < -0.39 is 67.5 Å². The summed E-state index contributed by atoms with van der Waals surface area (Å²) in [6.07, 6.45) is 2.06. The Labute approximate surface area is 190 Å². The van der Waals surface area contributed by atoms with E-state index in [-0.39, 0.29) is 30.0 Å². The number of carbonyl (C=O) groups excluding carboxylic acids is 1. The van der Waals surface area contributed by atoms with Crippen molar-refractivity contribution in [1.82, 2.24) is 9.03 Å². The van der Waals surface area contributed by atoms with Crippen molar-refractivity contribution in [2.24, 2.45) is 17.4 Å². The molecule has 2 aliphatic rings. The minimum Gasteiger partial charge on any atom is -0.369 e. The molecule has 1 aromatic rings. The molecule has 0 spiro atoms. The standard InChI is InChI=1S/C19H27F3N4O5S2/c20-15-9-17(22)16(21)7-11(15)8-18(23)12-5-13-1-2-14(6-12)26(13)33(30,31)4-3-25-32(28,29)10-19(24)27/h7,9,12-14,18,25H,1-6,8,10,23H2,(H2,24,27)/t12?,13?,14?,18-/m1/s1. The highest BCUT2D eigenvalue weighted by Crippen LogP contribution is 2.42. The van der Waals surface area contributed by atoms with Gasteiger partial charge in [-0.3, -0.25) is 4.79 Å². The summed E-state index contributed by atoms with van der Waals surface area (Å²) in [4.78, 5) is 10.8. The first kappa shape index (κ1) is 25.9. The van der Waals surface area contributed by atoms with Crippen LogP contribution in [-0.2, 0) is 31.3 Å². The van der Waals surface area contributed by atoms with Gasteiger partial charge in [-0.15, -0.1) is 0 Å². The van der Waals surface area contributed by atoms with Crippen LogP contribution >= 0.6 is 0 Å². The third-order valence-corrected chi connectivity index (χ3v) is 9.46. The molecule has 3 rings (SSSR count). The minimum atomic E-state index is -4.01. The first-order valence-corrected chi connectivity index (χ1v) is 13.7. The lowest BCUT2D eigenvalue weighted by atomic mass is 9.83. The third-order valence-electron chi connectivity index (χ3n) is 6.19. The zero-order valence-corrected chi connectivity index (χ0v) is 19.3. The third kappa shape index (κ3) is 6.23. The van der Waals surface area contributed by atoms with Crippen molar-refractivity contribution in [1.29, 1.82) is 0 Å². The number of hydrogen-bond donors (Lipinski definition) is 3. The zero-order chi connectivity index (χ0) is 24.6. The first-order chi connectivity index (χ1) is 15.3. The Morgan fingerprint density at radius 2 is 1.64 bits per heavy atom. The van der Waals surface area contributed by atoms with Crippen LogP contribution in [0.2, 0.25) is 0 Å². The van der Waals surface area contributed by atoms with E-state index >= 15 is 0 Å². The van der Waals surface area contributed by atoms with Crippen LogP contribution in [0.15, 0.2) is 12.1 Å². The number of nitrogens with one attached hydrogen (secondary N) is 1. The molecular weight excluding hydrogens is 485 g/mol. The van der Waals surface area contributed by atoms with Gasteiger partial charge in [-0.1, -0.05) is 0 Å². The monoisotopic (exact) mass is 512 g/mol. The smallest absolute Gasteiger partial charge is 0.234 e. The van der Waals surface area contributed by atoms with Gasteiger partial charge >= 0.3 is 0 Å². The fourth-order valence-electron chi connectivity index (χ4n) is 4.79. The maximum atomic E-state index is 14.0. The van der Waals surface area contributed by atoms with Crippen LogP contribution in [0.25, 0.3) is 0 Å². The van der Waals surface area contributed by atoms with Crippen molar-refractivity contribution in [2.45, 2.75) is 50.2 Å². The molecule has 14 heteroatoms. The minimum absolute atomic E-state index is 0.0124. The number of primary amides is 1. The fraction of sp³-hybridized carbons (Fsp3) is 0.632. The Bertz CT molecular complexity index is 1100. The molecule has 2 unspecified atom stereocenters. The summed E-state index contributed by atoms with van der Waals surface area (Å²) in [5, 5.41) is 0. The van der Waals surface area contributed by atoms with E-state index in [0.29, 0.717) is 31.7 Å². The molecule has 9 nitrogen and oxygen atoms in total. The van der Waals surface area contributed by atoms with Crippen LogP contribution in [0.5, 0.6) is 0 Å². The van der Waals surface area contributed by atoms with Crippen LogP contribution < -0.4 is 16.2 Å². The summed E-state index contributed by atoms with van der Waals surface area (Å²) in [6, 6.07) is 0.0351. The zero-order valence-electron chi connectivity index (χ0n) is 17.7. The molecule has 5 N–H and O–H groups in total. The molecule has 0 radical (unpaired) electrons. The van der Waals surface area contributed by atoms with Crippen LogP contribution in [0.1, 0.15) is 31.2 Å². The Hall–Kier alpha value is -1.74. The van der Waals surface area contributed by atoms with Crippen molar-refractivity contribution < 1.29 is 34.8 Å². The van der Waals surface area contributed by atoms with Crippen molar-refractivity contribution in [2.75, 3.05) is 18.1 Å². The van der Waals surface area contributed by atoms with E-state index in [0.717, 1.165) is 6.07 Å². The summed E-state index contributed by atoms with van der Waals surface area (Å²) in [5.41, 5.74) is 11.1. The van der Waals surface area contributed by atoms with E-state index in [1.807, 2.05) is 0 Å². The SMILES string of the molecule is NC(=O)CS(=O)(=O)NCCS(=O)(=O)N1C2CCC1CC([C@H](N)Cc1cc(F)c(F)cc1F)C2. The Kier molecular flexibility index (Phi) is 7.73. The molecule has 0 saturated carbocycles. The molecule has 186 valence electrons. The summed E-state index contributed by atoms with van der Waals surface area (Å²) in [7, 11) is -7.81. The van der Waals surface area contributed by atoms with E-state index in [1.165, 1.54) is 4.31 Å². The van der Waals surface area contributed by atoms with Crippen molar-refractivity contribution in [3.8, 4) is 0 Å². The van der Waals surface area contributed by atoms with Crippen LogP contribution in [0.4, 0.5) is 13.2 Å².